The van der Waals surface area contributed by atoms with E-state index in [1.54, 1.807) is 11.1 Å². The standard InChI is InChI=1S/C9H13N3O2/c1-2-3-8(13)12-4-5-14-7-6-10-11-9(7)12/h6H,2-5H2,1H3,(H,10,11). The lowest BCUT2D eigenvalue weighted by Gasteiger charge is -2.26. The second-order valence-electron chi connectivity index (χ2n) is 3.23. The molecule has 0 spiro atoms. The Morgan fingerprint density at radius 2 is 2.64 bits per heavy atom. The molecule has 1 aromatic heterocycles. The molecule has 2 heterocycles. The molecule has 14 heavy (non-hydrogen) atoms. The number of fused-ring (bicyclic) bond motifs is 1. The van der Waals surface area contributed by atoms with Crippen LogP contribution in [0.2, 0.25) is 0 Å². The van der Waals surface area contributed by atoms with Gasteiger partial charge in [-0.05, 0) is 6.42 Å². The number of ether oxygens (including phenoxy) is 1. The molecule has 5 nitrogen and oxygen atoms in total. The van der Waals surface area contributed by atoms with Crippen LogP contribution in [0.25, 0.3) is 0 Å². The maximum Gasteiger partial charge on any atom is 0.228 e. The van der Waals surface area contributed by atoms with E-state index in [2.05, 4.69) is 10.2 Å². The van der Waals surface area contributed by atoms with E-state index >= 15 is 0 Å². The number of hydrogen-bond donors (Lipinski definition) is 1. The number of carbonyl (C=O) groups is 1. The van der Waals surface area contributed by atoms with Crippen LogP contribution < -0.4 is 9.64 Å². The molecule has 0 fully saturated rings. The first-order valence-corrected chi connectivity index (χ1v) is 4.79. The van der Waals surface area contributed by atoms with E-state index in [0.717, 1.165) is 6.42 Å². The molecule has 76 valence electrons. The molecule has 0 saturated heterocycles. The van der Waals surface area contributed by atoms with Gasteiger partial charge in [0, 0.05) is 6.42 Å². The van der Waals surface area contributed by atoms with Crippen LogP contribution in [0.5, 0.6) is 5.75 Å². The number of hydrogen-bond acceptors (Lipinski definition) is 3. The SMILES string of the molecule is CCCC(=O)N1CCOc2cn[nH]c21. The highest BCUT2D eigenvalue weighted by Gasteiger charge is 2.24. The highest BCUT2D eigenvalue weighted by Crippen LogP contribution is 2.28. The summed E-state index contributed by atoms with van der Waals surface area (Å²) in [5, 5.41) is 6.63. The second-order valence-corrected chi connectivity index (χ2v) is 3.23. The zero-order valence-corrected chi connectivity index (χ0v) is 8.12. The largest absolute Gasteiger partial charge is 0.486 e. The van der Waals surface area contributed by atoms with Crippen LogP contribution in [0.15, 0.2) is 6.20 Å². The van der Waals surface area contributed by atoms with Crippen LogP contribution >= 0.6 is 0 Å². The van der Waals surface area contributed by atoms with Crippen LogP contribution in [0, 0.1) is 0 Å². The van der Waals surface area contributed by atoms with Crippen LogP contribution in [0.1, 0.15) is 19.8 Å². The van der Waals surface area contributed by atoms with Crippen molar-refractivity contribution in [2.45, 2.75) is 19.8 Å². The summed E-state index contributed by atoms with van der Waals surface area (Å²) in [6.45, 7) is 3.14. The molecule has 0 saturated carbocycles. The average Bonchev–Trinajstić information content (AvgIpc) is 2.65. The molecule has 0 aromatic carbocycles. The smallest absolute Gasteiger partial charge is 0.228 e. The molecule has 1 aliphatic heterocycles. The van der Waals surface area contributed by atoms with E-state index in [1.165, 1.54) is 0 Å². The Labute approximate surface area is 82.0 Å². The van der Waals surface area contributed by atoms with Crippen LogP contribution in [-0.4, -0.2) is 29.3 Å². The summed E-state index contributed by atoms with van der Waals surface area (Å²) in [5.41, 5.74) is 0. The first-order chi connectivity index (χ1) is 6.83. The fraction of sp³-hybridized carbons (Fsp3) is 0.556. The van der Waals surface area contributed by atoms with Crippen molar-refractivity contribution < 1.29 is 9.53 Å². The predicted octanol–water partition coefficient (Wildman–Crippen LogP) is 0.935. The van der Waals surface area contributed by atoms with E-state index in [-0.39, 0.29) is 5.91 Å². The molecule has 5 heteroatoms. The lowest BCUT2D eigenvalue weighted by molar-refractivity contribution is -0.118. The molecular weight excluding hydrogens is 182 g/mol. The molecule has 0 bridgehead atoms. The zero-order valence-electron chi connectivity index (χ0n) is 8.12. The molecule has 0 aliphatic carbocycles. The highest BCUT2D eigenvalue weighted by atomic mass is 16.5. The first kappa shape index (κ1) is 9.05. The van der Waals surface area contributed by atoms with Gasteiger partial charge < -0.3 is 4.74 Å². The van der Waals surface area contributed by atoms with E-state index in [4.69, 9.17) is 4.74 Å². The Hall–Kier alpha value is -1.52. The maximum atomic E-state index is 11.7. The minimum absolute atomic E-state index is 0.126. The van der Waals surface area contributed by atoms with Gasteiger partial charge in [0.15, 0.2) is 11.6 Å². The summed E-state index contributed by atoms with van der Waals surface area (Å²) in [5.74, 6) is 1.48. The van der Waals surface area contributed by atoms with Crippen LogP contribution in [-0.2, 0) is 4.79 Å². The summed E-state index contributed by atoms with van der Waals surface area (Å²) in [7, 11) is 0. The zero-order chi connectivity index (χ0) is 9.97. The quantitative estimate of drug-likeness (QED) is 0.763. The van der Waals surface area contributed by atoms with Crippen LogP contribution in [0.3, 0.4) is 0 Å². The van der Waals surface area contributed by atoms with Gasteiger partial charge in [-0.2, -0.15) is 5.10 Å². The van der Waals surface area contributed by atoms with Gasteiger partial charge in [0.2, 0.25) is 5.91 Å². The molecule has 0 atom stereocenters. The third-order valence-corrected chi connectivity index (χ3v) is 2.19. The Bertz CT molecular complexity index is 335. The van der Waals surface area contributed by atoms with Gasteiger partial charge in [-0.25, -0.2) is 0 Å². The normalized spacial score (nSPS) is 14.8. The van der Waals surface area contributed by atoms with Gasteiger partial charge in [0.1, 0.15) is 6.61 Å². The molecule has 0 unspecified atom stereocenters. The van der Waals surface area contributed by atoms with Crippen molar-refractivity contribution in [2.75, 3.05) is 18.1 Å². The number of anilines is 1. The van der Waals surface area contributed by atoms with Crippen molar-refractivity contribution in [3.05, 3.63) is 6.20 Å². The maximum absolute atomic E-state index is 11.7. The van der Waals surface area contributed by atoms with Crippen molar-refractivity contribution in [3.8, 4) is 5.75 Å². The molecule has 1 N–H and O–H groups in total. The summed E-state index contributed by atoms with van der Waals surface area (Å²) in [6, 6.07) is 0. The Balaban J connectivity index is 2.19. The van der Waals surface area contributed by atoms with Crippen molar-refractivity contribution in [1.82, 2.24) is 10.2 Å². The number of nitrogens with zero attached hydrogens (tertiary/aromatic N) is 2. The Morgan fingerprint density at radius 3 is 3.43 bits per heavy atom. The number of carbonyl (C=O) groups excluding carboxylic acids is 1. The number of aromatic amines is 1. The van der Waals surface area contributed by atoms with Crippen LogP contribution in [0.4, 0.5) is 5.82 Å². The number of H-pyrrole nitrogens is 1. The van der Waals surface area contributed by atoms with Gasteiger partial charge in [-0.3, -0.25) is 14.8 Å². The van der Waals surface area contributed by atoms with E-state index in [0.29, 0.717) is 31.1 Å². The second kappa shape index (κ2) is 3.69. The van der Waals surface area contributed by atoms with E-state index in [1.807, 2.05) is 6.92 Å². The average molecular weight is 195 g/mol. The van der Waals surface area contributed by atoms with E-state index in [9.17, 15) is 4.79 Å². The minimum Gasteiger partial charge on any atom is -0.486 e. The molecule has 1 aromatic rings. The topological polar surface area (TPSA) is 58.2 Å². The summed E-state index contributed by atoms with van der Waals surface area (Å²) < 4.78 is 5.33. The third kappa shape index (κ3) is 1.45. The molecule has 0 radical (unpaired) electrons. The first-order valence-electron chi connectivity index (χ1n) is 4.79. The van der Waals surface area contributed by atoms with Gasteiger partial charge in [-0.1, -0.05) is 6.92 Å². The number of rotatable bonds is 2. The number of aromatic nitrogens is 2. The molecule has 1 aliphatic rings. The highest BCUT2D eigenvalue weighted by molar-refractivity contribution is 5.93. The predicted molar refractivity (Wildman–Crippen MR) is 51.3 cm³/mol. The van der Waals surface area contributed by atoms with Gasteiger partial charge in [0.25, 0.3) is 0 Å². The number of amides is 1. The fourth-order valence-electron chi connectivity index (χ4n) is 1.52. The molecule has 1 amide bonds. The van der Waals surface area contributed by atoms with Crippen molar-refractivity contribution in [3.63, 3.8) is 0 Å². The van der Waals surface area contributed by atoms with Crippen molar-refractivity contribution in [1.29, 1.82) is 0 Å². The lowest BCUT2D eigenvalue weighted by Crippen LogP contribution is -2.37. The minimum atomic E-state index is 0.126. The summed E-state index contributed by atoms with van der Waals surface area (Å²) in [6.07, 6.45) is 3.03. The van der Waals surface area contributed by atoms with Gasteiger partial charge >= 0.3 is 0 Å². The third-order valence-electron chi connectivity index (χ3n) is 2.19. The molecule has 2 rings (SSSR count). The Kier molecular flexibility index (Phi) is 2.39. The van der Waals surface area contributed by atoms with Crippen molar-refractivity contribution in [2.24, 2.45) is 0 Å². The summed E-state index contributed by atoms with van der Waals surface area (Å²) >= 11 is 0. The van der Waals surface area contributed by atoms with Gasteiger partial charge in [-0.15, -0.1) is 0 Å². The molecular formula is C9H13N3O2. The van der Waals surface area contributed by atoms with Gasteiger partial charge in [0.05, 0.1) is 12.7 Å². The monoisotopic (exact) mass is 195 g/mol. The number of nitrogens with one attached hydrogen (secondary N) is 1. The van der Waals surface area contributed by atoms with E-state index < -0.39 is 0 Å². The summed E-state index contributed by atoms with van der Waals surface area (Å²) in [4.78, 5) is 13.4. The lowest BCUT2D eigenvalue weighted by atomic mass is 10.3. The fourth-order valence-corrected chi connectivity index (χ4v) is 1.52. The Morgan fingerprint density at radius 1 is 1.79 bits per heavy atom. The van der Waals surface area contributed by atoms with Crippen molar-refractivity contribution >= 4 is 11.7 Å².